The van der Waals surface area contributed by atoms with Crippen LogP contribution < -0.4 is 14.8 Å². The molecule has 7 nitrogen and oxygen atoms in total. The van der Waals surface area contributed by atoms with E-state index in [-0.39, 0.29) is 11.9 Å². The molecule has 1 amide bonds. The molecule has 0 saturated heterocycles. The molecule has 0 bridgehead atoms. The van der Waals surface area contributed by atoms with Crippen molar-refractivity contribution in [1.82, 2.24) is 19.8 Å². The molecule has 1 unspecified atom stereocenters. The highest BCUT2D eigenvalue weighted by Crippen LogP contribution is 2.31. The van der Waals surface area contributed by atoms with E-state index in [2.05, 4.69) is 26.9 Å². The van der Waals surface area contributed by atoms with Crippen molar-refractivity contribution in [3.05, 3.63) is 114 Å². The number of imidazole rings is 1. The molecule has 184 valence electrons. The van der Waals surface area contributed by atoms with Gasteiger partial charge in [-0.2, -0.15) is 0 Å². The zero-order valence-corrected chi connectivity index (χ0v) is 20.1. The van der Waals surface area contributed by atoms with E-state index in [1.807, 2.05) is 85.1 Å². The molecule has 3 aromatic carbocycles. The summed E-state index contributed by atoms with van der Waals surface area (Å²) in [6.07, 6.45) is 1.86. The van der Waals surface area contributed by atoms with E-state index in [1.165, 1.54) is 0 Å². The summed E-state index contributed by atoms with van der Waals surface area (Å²) in [7, 11) is 0. The van der Waals surface area contributed by atoms with Crippen molar-refractivity contribution in [3.63, 3.8) is 0 Å². The second-order valence-corrected chi connectivity index (χ2v) is 8.61. The Morgan fingerprint density at radius 3 is 2.11 bits per heavy atom. The second kappa shape index (κ2) is 11.6. The van der Waals surface area contributed by atoms with E-state index in [9.17, 15) is 4.79 Å². The monoisotopic (exact) mass is 482 g/mol. The Hall–Kier alpha value is -4.10. The Morgan fingerprint density at radius 2 is 1.44 bits per heavy atom. The van der Waals surface area contributed by atoms with E-state index in [0.717, 1.165) is 42.5 Å². The second-order valence-electron chi connectivity index (χ2n) is 8.61. The van der Waals surface area contributed by atoms with E-state index < -0.39 is 0 Å². The summed E-state index contributed by atoms with van der Waals surface area (Å²) in [5, 5.41) is 2.92. The first-order valence-corrected chi connectivity index (χ1v) is 12.3. The van der Waals surface area contributed by atoms with Gasteiger partial charge in [0, 0.05) is 25.8 Å². The first kappa shape index (κ1) is 23.6. The van der Waals surface area contributed by atoms with E-state index in [1.54, 1.807) is 0 Å². The van der Waals surface area contributed by atoms with Crippen molar-refractivity contribution in [1.29, 1.82) is 0 Å². The van der Waals surface area contributed by atoms with Crippen LogP contribution in [0.4, 0.5) is 0 Å². The van der Waals surface area contributed by atoms with Gasteiger partial charge in [-0.1, -0.05) is 66.7 Å². The Bertz CT molecular complexity index is 1250. The average molecular weight is 483 g/mol. The van der Waals surface area contributed by atoms with Crippen molar-refractivity contribution in [2.75, 3.05) is 32.8 Å². The summed E-state index contributed by atoms with van der Waals surface area (Å²) in [4.78, 5) is 20.0. The summed E-state index contributed by atoms with van der Waals surface area (Å²) in [5.74, 6) is 2.32. The number of nitrogens with zero attached hydrogens (tertiary/aromatic N) is 3. The summed E-state index contributed by atoms with van der Waals surface area (Å²) in [6, 6.07) is 29.7. The predicted molar refractivity (Wildman–Crippen MR) is 138 cm³/mol. The molecule has 1 atom stereocenters. The number of hydrogen-bond donors (Lipinski definition) is 1. The van der Waals surface area contributed by atoms with Crippen LogP contribution in [0.15, 0.2) is 97.2 Å². The summed E-state index contributed by atoms with van der Waals surface area (Å²) < 4.78 is 13.7. The Kier molecular flexibility index (Phi) is 7.58. The molecule has 0 radical (unpaired) electrons. The molecule has 1 aromatic heterocycles. The molecule has 36 heavy (non-hydrogen) atoms. The molecular formula is C29H30N4O3. The van der Waals surface area contributed by atoms with Crippen LogP contribution in [0.25, 0.3) is 0 Å². The van der Waals surface area contributed by atoms with Gasteiger partial charge in [-0.05, 0) is 29.8 Å². The van der Waals surface area contributed by atoms with Gasteiger partial charge >= 0.3 is 0 Å². The lowest BCUT2D eigenvalue weighted by atomic mass is 10.0. The van der Waals surface area contributed by atoms with E-state index >= 15 is 0 Å². The molecule has 7 heteroatoms. The van der Waals surface area contributed by atoms with Gasteiger partial charge in [0.1, 0.15) is 36.2 Å². The number of fused-ring (bicyclic) bond motifs is 1. The third kappa shape index (κ3) is 5.75. The third-order valence-electron chi connectivity index (χ3n) is 6.18. The van der Waals surface area contributed by atoms with Gasteiger partial charge in [0.15, 0.2) is 0 Å². The lowest BCUT2D eigenvalue weighted by Gasteiger charge is -2.36. The van der Waals surface area contributed by atoms with Gasteiger partial charge in [-0.15, -0.1) is 0 Å². The first-order chi connectivity index (χ1) is 17.8. The Morgan fingerprint density at radius 1 is 0.833 bits per heavy atom. The lowest BCUT2D eigenvalue weighted by Crippen LogP contribution is -2.41. The molecule has 0 spiro atoms. The maximum absolute atomic E-state index is 12.9. The Labute approximate surface area is 211 Å². The van der Waals surface area contributed by atoms with Crippen molar-refractivity contribution in [2.24, 2.45) is 0 Å². The fraction of sp³-hybridized carbons (Fsp3) is 0.241. The molecule has 5 rings (SSSR count). The molecular weight excluding hydrogens is 452 g/mol. The Balaban J connectivity index is 1.25. The lowest BCUT2D eigenvalue weighted by molar-refractivity contribution is 0.0942. The molecule has 0 fully saturated rings. The van der Waals surface area contributed by atoms with Gasteiger partial charge in [0.25, 0.3) is 5.91 Å². The van der Waals surface area contributed by atoms with Crippen LogP contribution in [0, 0.1) is 0 Å². The summed E-state index contributed by atoms with van der Waals surface area (Å²) >= 11 is 0. The van der Waals surface area contributed by atoms with E-state index in [4.69, 9.17) is 14.5 Å². The predicted octanol–water partition coefficient (Wildman–Crippen LogP) is 4.18. The number of nitrogens with one attached hydrogen (secondary N) is 1. The smallest absolute Gasteiger partial charge is 0.271 e. The van der Waals surface area contributed by atoms with Gasteiger partial charge in [-0.25, -0.2) is 4.98 Å². The first-order valence-electron chi connectivity index (χ1n) is 12.3. The molecule has 0 saturated carbocycles. The minimum absolute atomic E-state index is 0.0534. The normalized spacial score (nSPS) is 15.2. The number of carbonyl (C=O) groups is 1. The number of benzene rings is 3. The third-order valence-corrected chi connectivity index (χ3v) is 6.18. The SMILES string of the molecule is O=C(NCCOc1ccccc1)c1cn2c(n1)C(c1ccccc1)N(CCOc1ccccc1)CC2. The van der Waals surface area contributed by atoms with Gasteiger partial charge < -0.3 is 19.4 Å². The number of ether oxygens (including phenoxy) is 2. The highest BCUT2D eigenvalue weighted by atomic mass is 16.5. The van der Waals surface area contributed by atoms with Crippen LogP contribution in [0.2, 0.25) is 0 Å². The molecule has 1 aliphatic heterocycles. The largest absolute Gasteiger partial charge is 0.492 e. The van der Waals surface area contributed by atoms with Gasteiger partial charge in [-0.3, -0.25) is 9.69 Å². The fourth-order valence-corrected chi connectivity index (χ4v) is 4.44. The number of amides is 1. The zero-order valence-electron chi connectivity index (χ0n) is 20.1. The average Bonchev–Trinajstić information content (AvgIpc) is 3.37. The van der Waals surface area contributed by atoms with Crippen LogP contribution in [-0.2, 0) is 6.54 Å². The van der Waals surface area contributed by atoms with Crippen molar-refractivity contribution in [2.45, 2.75) is 12.6 Å². The molecule has 2 heterocycles. The topological polar surface area (TPSA) is 68.6 Å². The van der Waals surface area contributed by atoms with Crippen molar-refractivity contribution >= 4 is 5.91 Å². The van der Waals surface area contributed by atoms with Gasteiger partial charge in [0.2, 0.25) is 0 Å². The minimum atomic E-state index is -0.195. The van der Waals surface area contributed by atoms with Crippen molar-refractivity contribution in [3.8, 4) is 11.5 Å². The number of aromatic nitrogens is 2. The van der Waals surface area contributed by atoms with Crippen LogP contribution >= 0.6 is 0 Å². The van der Waals surface area contributed by atoms with Crippen LogP contribution in [0.3, 0.4) is 0 Å². The quantitative estimate of drug-likeness (QED) is 0.344. The van der Waals surface area contributed by atoms with Crippen LogP contribution in [0.1, 0.15) is 27.9 Å². The van der Waals surface area contributed by atoms with Gasteiger partial charge in [0.05, 0.1) is 12.6 Å². The van der Waals surface area contributed by atoms with Crippen LogP contribution in [0.5, 0.6) is 11.5 Å². The maximum atomic E-state index is 12.9. The summed E-state index contributed by atoms with van der Waals surface area (Å²) in [5.41, 5.74) is 1.57. The summed E-state index contributed by atoms with van der Waals surface area (Å²) in [6.45, 7) is 3.73. The number of hydrogen-bond acceptors (Lipinski definition) is 5. The fourth-order valence-electron chi connectivity index (χ4n) is 4.44. The molecule has 0 aliphatic carbocycles. The van der Waals surface area contributed by atoms with Crippen LogP contribution in [-0.4, -0.2) is 53.2 Å². The highest BCUT2D eigenvalue weighted by Gasteiger charge is 2.31. The molecule has 1 N–H and O–H groups in total. The zero-order chi connectivity index (χ0) is 24.6. The highest BCUT2D eigenvalue weighted by molar-refractivity contribution is 5.92. The number of carbonyl (C=O) groups excluding carboxylic acids is 1. The maximum Gasteiger partial charge on any atom is 0.271 e. The molecule has 4 aromatic rings. The number of rotatable bonds is 10. The standard InChI is InChI=1S/C29H30N4O3/c34-29(30-16-20-35-24-12-6-2-7-13-24)26-22-33-18-17-32(19-21-36-25-14-8-3-9-15-25)27(28(33)31-26)23-10-4-1-5-11-23/h1-15,22,27H,16-21H2,(H,30,34). The minimum Gasteiger partial charge on any atom is -0.492 e. The van der Waals surface area contributed by atoms with E-state index in [0.29, 0.717) is 25.5 Å². The molecule has 1 aliphatic rings. The number of para-hydroxylation sites is 2. The van der Waals surface area contributed by atoms with Crippen molar-refractivity contribution < 1.29 is 14.3 Å².